The quantitative estimate of drug-likeness (QED) is 0.725. The maximum atomic E-state index is 11.2. The zero-order valence-corrected chi connectivity index (χ0v) is 8.70. The third kappa shape index (κ3) is 1.61. The Bertz CT molecular complexity index is 567. The van der Waals surface area contributed by atoms with Gasteiger partial charge in [-0.3, -0.25) is 0 Å². The highest BCUT2D eigenvalue weighted by molar-refractivity contribution is 5.82. The third-order valence-corrected chi connectivity index (χ3v) is 2.53. The van der Waals surface area contributed by atoms with E-state index in [9.17, 15) is 9.90 Å². The lowest BCUT2D eigenvalue weighted by Gasteiger charge is -2.05. The summed E-state index contributed by atoms with van der Waals surface area (Å²) in [4.78, 5) is 11.2. The molecule has 2 aromatic rings. The first-order chi connectivity index (χ1) is 7.11. The second-order valence-corrected chi connectivity index (χ2v) is 3.58. The van der Waals surface area contributed by atoms with Crippen molar-refractivity contribution in [2.75, 3.05) is 0 Å². The molecule has 3 nitrogen and oxygen atoms in total. The van der Waals surface area contributed by atoms with Crippen LogP contribution in [0.5, 0.6) is 5.75 Å². The molecule has 1 N–H and O–H groups in total. The van der Waals surface area contributed by atoms with Crippen molar-refractivity contribution >= 4 is 11.0 Å². The van der Waals surface area contributed by atoms with Gasteiger partial charge in [0.2, 0.25) is 0 Å². The van der Waals surface area contributed by atoms with E-state index in [4.69, 9.17) is 4.42 Å². The summed E-state index contributed by atoms with van der Waals surface area (Å²) in [5, 5.41) is 10.4. The minimum absolute atomic E-state index is 0.152. The molecule has 3 heteroatoms. The summed E-state index contributed by atoms with van der Waals surface area (Å²) in [7, 11) is 0. The van der Waals surface area contributed by atoms with Gasteiger partial charge in [0.25, 0.3) is 0 Å². The number of aryl methyl sites for hydroxylation is 2. The molecule has 78 valence electrons. The predicted molar refractivity (Wildman–Crippen MR) is 58.3 cm³/mol. The fraction of sp³-hybridized carbons (Fsp3) is 0.250. The highest BCUT2D eigenvalue weighted by atomic mass is 16.4. The average Bonchev–Trinajstić information content (AvgIpc) is 2.19. The Morgan fingerprint density at radius 1 is 1.33 bits per heavy atom. The first kappa shape index (κ1) is 9.77. The molecule has 0 fully saturated rings. The van der Waals surface area contributed by atoms with Crippen molar-refractivity contribution in [2.24, 2.45) is 0 Å². The van der Waals surface area contributed by atoms with Crippen LogP contribution < -0.4 is 5.63 Å². The van der Waals surface area contributed by atoms with E-state index in [1.165, 1.54) is 12.1 Å². The van der Waals surface area contributed by atoms with Crippen molar-refractivity contribution < 1.29 is 9.52 Å². The van der Waals surface area contributed by atoms with Crippen LogP contribution >= 0.6 is 0 Å². The van der Waals surface area contributed by atoms with Gasteiger partial charge in [-0.1, -0.05) is 6.92 Å². The number of phenols is 1. The Kier molecular flexibility index (Phi) is 2.23. The molecule has 0 saturated heterocycles. The van der Waals surface area contributed by atoms with Gasteiger partial charge in [0, 0.05) is 17.5 Å². The van der Waals surface area contributed by atoms with Gasteiger partial charge in [0.05, 0.1) is 0 Å². The number of benzene rings is 1. The van der Waals surface area contributed by atoms with Crippen LogP contribution in [0, 0.1) is 6.92 Å². The minimum atomic E-state index is -0.373. The van der Waals surface area contributed by atoms with Crippen molar-refractivity contribution in [2.45, 2.75) is 20.3 Å². The van der Waals surface area contributed by atoms with Crippen molar-refractivity contribution in [1.82, 2.24) is 0 Å². The van der Waals surface area contributed by atoms with E-state index in [0.717, 1.165) is 22.9 Å². The van der Waals surface area contributed by atoms with Crippen molar-refractivity contribution in [1.29, 1.82) is 0 Å². The molecule has 1 heterocycles. The Hall–Kier alpha value is -1.77. The molecular weight excluding hydrogens is 192 g/mol. The molecule has 1 aromatic heterocycles. The molecule has 15 heavy (non-hydrogen) atoms. The molecule has 1 aromatic carbocycles. The Labute approximate surface area is 87.0 Å². The maximum Gasteiger partial charge on any atom is 0.336 e. The molecule has 0 saturated carbocycles. The molecule has 0 aliphatic heterocycles. The van der Waals surface area contributed by atoms with Gasteiger partial charge < -0.3 is 9.52 Å². The van der Waals surface area contributed by atoms with Crippen LogP contribution in [-0.4, -0.2) is 5.11 Å². The Balaban J connectivity index is 2.90. The maximum absolute atomic E-state index is 11.2. The third-order valence-electron chi connectivity index (χ3n) is 2.53. The number of hydrogen-bond donors (Lipinski definition) is 1. The van der Waals surface area contributed by atoms with E-state index in [0.29, 0.717) is 5.58 Å². The zero-order valence-electron chi connectivity index (χ0n) is 8.70. The molecule has 0 unspecified atom stereocenters. The van der Waals surface area contributed by atoms with Crippen LogP contribution in [0.3, 0.4) is 0 Å². The zero-order chi connectivity index (χ0) is 11.0. The van der Waals surface area contributed by atoms with E-state index in [1.807, 2.05) is 19.9 Å². The molecule has 0 aliphatic rings. The van der Waals surface area contributed by atoms with Gasteiger partial charge in [0.15, 0.2) is 0 Å². The highest BCUT2D eigenvalue weighted by Gasteiger charge is 2.06. The van der Waals surface area contributed by atoms with Crippen molar-refractivity contribution in [3.8, 4) is 5.75 Å². The van der Waals surface area contributed by atoms with Gasteiger partial charge in [-0.05, 0) is 30.5 Å². The highest BCUT2D eigenvalue weighted by Crippen LogP contribution is 2.25. The summed E-state index contributed by atoms with van der Waals surface area (Å²) in [5.41, 5.74) is 1.81. The van der Waals surface area contributed by atoms with Crippen LogP contribution in [-0.2, 0) is 6.42 Å². The molecule has 0 aliphatic carbocycles. The van der Waals surface area contributed by atoms with Crippen LogP contribution in [0.25, 0.3) is 11.0 Å². The summed E-state index contributed by atoms with van der Waals surface area (Å²) >= 11 is 0. The van der Waals surface area contributed by atoms with Crippen LogP contribution in [0.4, 0.5) is 0 Å². The fourth-order valence-corrected chi connectivity index (χ4v) is 1.66. The van der Waals surface area contributed by atoms with E-state index in [-0.39, 0.29) is 11.4 Å². The fourth-order valence-electron chi connectivity index (χ4n) is 1.66. The van der Waals surface area contributed by atoms with Gasteiger partial charge in [-0.25, -0.2) is 4.79 Å². The topological polar surface area (TPSA) is 50.4 Å². The lowest BCUT2D eigenvalue weighted by atomic mass is 10.1. The van der Waals surface area contributed by atoms with E-state index in [2.05, 4.69) is 0 Å². The first-order valence-corrected chi connectivity index (χ1v) is 4.88. The molecule has 0 atom stereocenters. The Morgan fingerprint density at radius 3 is 2.73 bits per heavy atom. The number of hydrogen-bond acceptors (Lipinski definition) is 3. The summed E-state index contributed by atoms with van der Waals surface area (Å²) < 4.78 is 5.02. The van der Waals surface area contributed by atoms with E-state index < -0.39 is 0 Å². The van der Waals surface area contributed by atoms with Crippen LogP contribution in [0.1, 0.15) is 18.1 Å². The van der Waals surface area contributed by atoms with Gasteiger partial charge in [0.1, 0.15) is 11.3 Å². The molecule has 0 radical (unpaired) electrons. The SMILES string of the molecule is CCc1cc(=O)oc2cc(O)c(C)cc12. The van der Waals surface area contributed by atoms with Gasteiger partial charge >= 0.3 is 5.63 Å². The van der Waals surface area contributed by atoms with Gasteiger partial charge in [-0.2, -0.15) is 0 Å². The lowest BCUT2D eigenvalue weighted by Crippen LogP contribution is -1.99. The van der Waals surface area contributed by atoms with Crippen LogP contribution in [0.2, 0.25) is 0 Å². The second kappa shape index (κ2) is 3.42. The number of phenolic OH excluding ortho intramolecular Hbond substituents is 1. The smallest absolute Gasteiger partial charge is 0.336 e. The molecule has 0 amide bonds. The Morgan fingerprint density at radius 2 is 2.07 bits per heavy atom. The van der Waals surface area contributed by atoms with Gasteiger partial charge in [-0.15, -0.1) is 0 Å². The van der Waals surface area contributed by atoms with E-state index in [1.54, 1.807) is 0 Å². The number of aromatic hydroxyl groups is 1. The molecule has 0 bridgehead atoms. The van der Waals surface area contributed by atoms with Crippen molar-refractivity contribution in [3.63, 3.8) is 0 Å². The standard InChI is InChI=1S/C12H12O3/c1-3-8-5-12(14)15-11-6-10(13)7(2)4-9(8)11/h4-6,13H,3H2,1-2H3. The largest absolute Gasteiger partial charge is 0.508 e. The molecular formula is C12H12O3. The molecule has 0 spiro atoms. The predicted octanol–water partition coefficient (Wildman–Crippen LogP) is 2.37. The summed E-state index contributed by atoms with van der Waals surface area (Å²) in [6.45, 7) is 3.80. The monoisotopic (exact) mass is 204 g/mol. The average molecular weight is 204 g/mol. The second-order valence-electron chi connectivity index (χ2n) is 3.58. The number of rotatable bonds is 1. The number of fused-ring (bicyclic) bond motifs is 1. The molecule has 2 rings (SSSR count). The summed E-state index contributed by atoms with van der Waals surface area (Å²) in [5.74, 6) is 0.152. The minimum Gasteiger partial charge on any atom is -0.508 e. The van der Waals surface area contributed by atoms with Crippen LogP contribution in [0.15, 0.2) is 27.4 Å². The lowest BCUT2D eigenvalue weighted by molar-refractivity contribution is 0.469. The summed E-state index contributed by atoms with van der Waals surface area (Å²) in [6, 6.07) is 4.83. The first-order valence-electron chi connectivity index (χ1n) is 4.88. The normalized spacial score (nSPS) is 10.8. The summed E-state index contributed by atoms with van der Waals surface area (Å²) in [6.07, 6.45) is 0.770. The van der Waals surface area contributed by atoms with Crippen molar-refractivity contribution in [3.05, 3.63) is 39.7 Å². The van der Waals surface area contributed by atoms with E-state index >= 15 is 0 Å².